The smallest absolute Gasteiger partial charge is 0.0750 e. The van der Waals surface area contributed by atoms with E-state index in [0.717, 1.165) is 49.1 Å². The number of rotatable bonds is 3. The highest BCUT2D eigenvalue weighted by Crippen LogP contribution is 2.27. The average Bonchev–Trinajstić information content (AvgIpc) is 2.78. The normalized spacial score (nSPS) is 18.9. The molecule has 1 unspecified atom stereocenters. The molecule has 1 aromatic carbocycles. The molecule has 0 bridgehead atoms. The van der Waals surface area contributed by atoms with Gasteiger partial charge in [-0.2, -0.15) is 0 Å². The summed E-state index contributed by atoms with van der Waals surface area (Å²) in [5.74, 6) is 0. The summed E-state index contributed by atoms with van der Waals surface area (Å²) in [4.78, 5) is 6.88. The summed E-state index contributed by atoms with van der Waals surface area (Å²) >= 11 is 0. The summed E-state index contributed by atoms with van der Waals surface area (Å²) in [5, 5.41) is 14.4. The van der Waals surface area contributed by atoms with Crippen LogP contribution >= 0.6 is 0 Å². The van der Waals surface area contributed by atoms with E-state index < -0.39 is 0 Å². The van der Waals surface area contributed by atoms with Gasteiger partial charge in [0.2, 0.25) is 0 Å². The Bertz CT molecular complexity index is 559. The van der Waals surface area contributed by atoms with E-state index in [1.165, 1.54) is 0 Å². The minimum absolute atomic E-state index is 0.0356. The molecule has 0 aliphatic carbocycles. The molecule has 2 N–H and O–H groups in total. The topological polar surface area (TPSA) is 48.4 Å². The van der Waals surface area contributed by atoms with Crippen molar-refractivity contribution in [2.75, 3.05) is 32.8 Å². The number of nitrogens with zero attached hydrogens (tertiary/aromatic N) is 2. The molecule has 4 nitrogen and oxygen atoms in total. The van der Waals surface area contributed by atoms with Gasteiger partial charge in [0.05, 0.1) is 18.2 Å². The molecule has 2 aromatic rings. The number of aliphatic hydroxyl groups is 1. The van der Waals surface area contributed by atoms with Crippen LogP contribution < -0.4 is 5.32 Å². The standard InChI is InChI=1S/C16H21N3O/c20-12-15(19-10-3-7-17-9-11-19)14-6-1-4-13-5-2-8-18-16(13)14/h1-2,4-6,8,15,17,20H,3,7,9-12H2. The number of fused-ring (bicyclic) bond motifs is 1. The molecule has 2 heterocycles. The first-order valence-corrected chi connectivity index (χ1v) is 7.29. The number of pyridine rings is 1. The van der Waals surface area contributed by atoms with Crippen LogP contribution in [0.2, 0.25) is 0 Å². The van der Waals surface area contributed by atoms with Crippen LogP contribution in [0.3, 0.4) is 0 Å². The molecule has 1 aliphatic heterocycles. The fraction of sp³-hybridized carbons (Fsp3) is 0.438. The molecular weight excluding hydrogens is 250 g/mol. The van der Waals surface area contributed by atoms with Crippen molar-refractivity contribution in [2.24, 2.45) is 0 Å². The summed E-state index contributed by atoms with van der Waals surface area (Å²) in [5.41, 5.74) is 2.14. The van der Waals surface area contributed by atoms with Gasteiger partial charge < -0.3 is 10.4 Å². The van der Waals surface area contributed by atoms with Gasteiger partial charge in [0.1, 0.15) is 0 Å². The number of hydrogen-bond donors (Lipinski definition) is 2. The predicted molar refractivity (Wildman–Crippen MR) is 80.6 cm³/mol. The third-order valence-electron chi connectivity index (χ3n) is 4.01. The van der Waals surface area contributed by atoms with Crippen molar-refractivity contribution in [3.05, 3.63) is 42.1 Å². The summed E-state index contributed by atoms with van der Waals surface area (Å²) in [6.07, 6.45) is 2.94. The summed E-state index contributed by atoms with van der Waals surface area (Å²) in [7, 11) is 0. The van der Waals surface area contributed by atoms with E-state index in [-0.39, 0.29) is 12.6 Å². The van der Waals surface area contributed by atoms with Crippen LogP contribution in [0.1, 0.15) is 18.0 Å². The van der Waals surface area contributed by atoms with Crippen LogP contribution in [-0.2, 0) is 0 Å². The van der Waals surface area contributed by atoms with Crippen LogP contribution in [0.25, 0.3) is 10.9 Å². The quantitative estimate of drug-likeness (QED) is 0.889. The van der Waals surface area contributed by atoms with E-state index in [1.807, 2.05) is 12.3 Å². The van der Waals surface area contributed by atoms with Gasteiger partial charge in [-0.15, -0.1) is 0 Å². The van der Waals surface area contributed by atoms with E-state index >= 15 is 0 Å². The Morgan fingerprint density at radius 3 is 3.00 bits per heavy atom. The molecule has 0 spiro atoms. The second kappa shape index (κ2) is 6.31. The van der Waals surface area contributed by atoms with Gasteiger partial charge in [-0.05, 0) is 24.6 Å². The van der Waals surface area contributed by atoms with Crippen molar-refractivity contribution in [2.45, 2.75) is 12.5 Å². The van der Waals surface area contributed by atoms with Crippen molar-refractivity contribution >= 4 is 10.9 Å². The van der Waals surface area contributed by atoms with Gasteiger partial charge in [0.15, 0.2) is 0 Å². The lowest BCUT2D eigenvalue weighted by Crippen LogP contribution is -2.34. The molecule has 1 fully saturated rings. The molecule has 0 radical (unpaired) electrons. The van der Waals surface area contributed by atoms with Crippen molar-refractivity contribution in [1.29, 1.82) is 0 Å². The van der Waals surface area contributed by atoms with Gasteiger partial charge in [-0.25, -0.2) is 0 Å². The van der Waals surface area contributed by atoms with Crippen molar-refractivity contribution < 1.29 is 5.11 Å². The molecular formula is C16H21N3O. The van der Waals surface area contributed by atoms with Crippen LogP contribution in [0.4, 0.5) is 0 Å². The van der Waals surface area contributed by atoms with Crippen LogP contribution in [0, 0.1) is 0 Å². The van der Waals surface area contributed by atoms with Crippen molar-refractivity contribution in [3.8, 4) is 0 Å². The van der Waals surface area contributed by atoms with Gasteiger partial charge in [-0.1, -0.05) is 24.3 Å². The largest absolute Gasteiger partial charge is 0.394 e. The lowest BCUT2D eigenvalue weighted by atomic mass is 10.0. The number of aromatic nitrogens is 1. The molecule has 4 heteroatoms. The Morgan fingerprint density at radius 1 is 1.20 bits per heavy atom. The minimum atomic E-state index is 0.0356. The Labute approximate surface area is 119 Å². The summed E-state index contributed by atoms with van der Waals surface area (Å²) in [6.45, 7) is 4.16. The molecule has 1 saturated heterocycles. The summed E-state index contributed by atoms with van der Waals surface area (Å²) in [6, 6.07) is 10.3. The zero-order valence-electron chi connectivity index (χ0n) is 11.6. The molecule has 1 aromatic heterocycles. The van der Waals surface area contributed by atoms with Gasteiger partial charge in [0, 0.05) is 31.2 Å². The van der Waals surface area contributed by atoms with E-state index in [4.69, 9.17) is 0 Å². The fourth-order valence-corrected chi connectivity index (χ4v) is 2.99. The lowest BCUT2D eigenvalue weighted by Gasteiger charge is -2.29. The third-order valence-corrected chi connectivity index (χ3v) is 4.01. The fourth-order valence-electron chi connectivity index (χ4n) is 2.99. The first-order chi connectivity index (χ1) is 9.90. The predicted octanol–water partition coefficient (Wildman–Crippen LogP) is 1.56. The highest BCUT2D eigenvalue weighted by molar-refractivity contribution is 5.82. The van der Waals surface area contributed by atoms with E-state index in [9.17, 15) is 5.11 Å². The number of hydrogen-bond acceptors (Lipinski definition) is 4. The van der Waals surface area contributed by atoms with E-state index in [2.05, 4.69) is 39.5 Å². The SMILES string of the molecule is OCC(c1cccc2cccnc12)N1CCCNCC1. The van der Waals surface area contributed by atoms with E-state index in [1.54, 1.807) is 0 Å². The number of aliphatic hydroxyl groups excluding tert-OH is 1. The van der Waals surface area contributed by atoms with Gasteiger partial charge >= 0.3 is 0 Å². The average molecular weight is 271 g/mol. The van der Waals surface area contributed by atoms with Crippen molar-refractivity contribution in [3.63, 3.8) is 0 Å². The Hall–Kier alpha value is -1.49. The van der Waals surface area contributed by atoms with Crippen LogP contribution in [0.15, 0.2) is 36.5 Å². The Morgan fingerprint density at radius 2 is 2.10 bits per heavy atom. The van der Waals surface area contributed by atoms with Gasteiger partial charge in [-0.3, -0.25) is 9.88 Å². The lowest BCUT2D eigenvalue weighted by molar-refractivity contribution is 0.130. The molecule has 1 atom stereocenters. The monoisotopic (exact) mass is 271 g/mol. The first-order valence-electron chi connectivity index (χ1n) is 7.29. The number of nitrogens with one attached hydrogen (secondary N) is 1. The first kappa shape index (κ1) is 13.5. The second-order valence-electron chi connectivity index (χ2n) is 5.26. The number of para-hydroxylation sites is 1. The van der Waals surface area contributed by atoms with Crippen molar-refractivity contribution in [1.82, 2.24) is 15.2 Å². The highest BCUT2D eigenvalue weighted by Gasteiger charge is 2.22. The zero-order chi connectivity index (χ0) is 13.8. The maximum absolute atomic E-state index is 9.89. The summed E-state index contributed by atoms with van der Waals surface area (Å²) < 4.78 is 0. The Kier molecular flexibility index (Phi) is 4.25. The number of benzene rings is 1. The maximum Gasteiger partial charge on any atom is 0.0750 e. The second-order valence-corrected chi connectivity index (χ2v) is 5.26. The molecule has 3 rings (SSSR count). The third kappa shape index (κ3) is 2.68. The van der Waals surface area contributed by atoms with Crippen LogP contribution in [0.5, 0.6) is 0 Å². The zero-order valence-corrected chi connectivity index (χ0v) is 11.6. The molecule has 106 valence electrons. The van der Waals surface area contributed by atoms with Gasteiger partial charge in [0.25, 0.3) is 0 Å². The van der Waals surface area contributed by atoms with Crippen LogP contribution in [-0.4, -0.2) is 47.8 Å². The highest BCUT2D eigenvalue weighted by atomic mass is 16.3. The minimum Gasteiger partial charge on any atom is -0.394 e. The molecule has 20 heavy (non-hydrogen) atoms. The van der Waals surface area contributed by atoms with E-state index in [0.29, 0.717) is 0 Å². The Balaban J connectivity index is 1.98. The molecule has 0 amide bonds. The molecule has 1 aliphatic rings. The maximum atomic E-state index is 9.89. The molecule has 0 saturated carbocycles.